The van der Waals surface area contributed by atoms with E-state index in [9.17, 15) is 4.39 Å². The van der Waals surface area contributed by atoms with E-state index in [0.29, 0.717) is 23.6 Å². The van der Waals surface area contributed by atoms with Gasteiger partial charge in [-0.05, 0) is 18.6 Å². The third-order valence-corrected chi connectivity index (χ3v) is 2.69. The van der Waals surface area contributed by atoms with Gasteiger partial charge in [0.25, 0.3) is 0 Å². The number of terminal acetylenes is 1. The standard InChI is InChI=1S/C13H15ClFN/c1-3-5-12(4-2)16-9-10-6-7-11(14)8-13(10)15/h1,6-8,12,16H,4-5,9H2,2H3. The molecule has 0 saturated heterocycles. The highest BCUT2D eigenvalue weighted by atomic mass is 35.5. The Balaban J connectivity index is 2.57. The van der Waals surface area contributed by atoms with Gasteiger partial charge in [-0.25, -0.2) is 4.39 Å². The van der Waals surface area contributed by atoms with E-state index in [4.69, 9.17) is 18.0 Å². The Bertz CT molecular complexity index is 384. The van der Waals surface area contributed by atoms with Gasteiger partial charge in [0.1, 0.15) is 5.82 Å². The zero-order chi connectivity index (χ0) is 12.0. The predicted molar refractivity (Wildman–Crippen MR) is 65.8 cm³/mol. The first-order valence-corrected chi connectivity index (χ1v) is 5.66. The fourth-order valence-corrected chi connectivity index (χ4v) is 1.58. The Morgan fingerprint density at radius 1 is 1.56 bits per heavy atom. The minimum atomic E-state index is -0.282. The van der Waals surface area contributed by atoms with Gasteiger partial charge in [0, 0.05) is 29.6 Å². The van der Waals surface area contributed by atoms with Crippen LogP contribution in [0.4, 0.5) is 4.39 Å². The molecule has 1 aromatic carbocycles. The molecule has 0 bridgehead atoms. The molecular formula is C13H15ClFN. The molecule has 1 nitrogen and oxygen atoms in total. The molecule has 86 valence electrons. The lowest BCUT2D eigenvalue weighted by atomic mass is 10.1. The monoisotopic (exact) mass is 239 g/mol. The second kappa shape index (κ2) is 6.52. The maximum atomic E-state index is 13.4. The SMILES string of the molecule is C#CCC(CC)NCc1ccc(Cl)cc1F. The minimum absolute atomic E-state index is 0.236. The molecule has 0 aromatic heterocycles. The maximum absolute atomic E-state index is 13.4. The first-order chi connectivity index (χ1) is 7.67. The number of benzene rings is 1. The number of rotatable bonds is 5. The predicted octanol–water partition coefficient (Wildman–Crippen LogP) is 3.37. The summed E-state index contributed by atoms with van der Waals surface area (Å²) in [4.78, 5) is 0. The van der Waals surface area contributed by atoms with E-state index in [2.05, 4.69) is 11.2 Å². The molecule has 0 heterocycles. The van der Waals surface area contributed by atoms with Gasteiger partial charge < -0.3 is 5.32 Å². The normalized spacial score (nSPS) is 12.1. The number of halogens is 2. The highest BCUT2D eigenvalue weighted by Crippen LogP contribution is 2.14. The molecule has 0 aliphatic rings. The molecule has 0 aliphatic carbocycles. The first kappa shape index (κ1) is 13.0. The van der Waals surface area contributed by atoms with Gasteiger partial charge in [0.2, 0.25) is 0 Å². The molecule has 1 aromatic rings. The fraction of sp³-hybridized carbons (Fsp3) is 0.385. The Kier molecular flexibility index (Phi) is 5.31. The van der Waals surface area contributed by atoms with Crippen LogP contribution in [0, 0.1) is 18.2 Å². The van der Waals surface area contributed by atoms with Crippen molar-refractivity contribution in [3.05, 3.63) is 34.6 Å². The third-order valence-electron chi connectivity index (χ3n) is 2.45. The van der Waals surface area contributed by atoms with Crippen molar-refractivity contribution in [2.45, 2.75) is 32.4 Å². The summed E-state index contributed by atoms with van der Waals surface area (Å²) < 4.78 is 13.4. The van der Waals surface area contributed by atoms with Crippen LogP contribution in [0.2, 0.25) is 5.02 Å². The third kappa shape index (κ3) is 3.84. The molecule has 0 fully saturated rings. The van der Waals surface area contributed by atoms with Crippen LogP contribution >= 0.6 is 11.6 Å². The van der Waals surface area contributed by atoms with Crippen molar-refractivity contribution in [1.29, 1.82) is 0 Å². The van der Waals surface area contributed by atoms with Gasteiger partial charge in [0.15, 0.2) is 0 Å². The fourth-order valence-electron chi connectivity index (χ4n) is 1.42. The summed E-state index contributed by atoms with van der Waals surface area (Å²) >= 11 is 5.67. The lowest BCUT2D eigenvalue weighted by Crippen LogP contribution is -2.27. The summed E-state index contributed by atoms with van der Waals surface area (Å²) in [5.41, 5.74) is 0.611. The smallest absolute Gasteiger partial charge is 0.129 e. The Morgan fingerprint density at radius 2 is 2.31 bits per heavy atom. The molecule has 1 unspecified atom stereocenters. The van der Waals surface area contributed by atoms with E-state index < -0.39 is 0 Å². The van der Waals surface area contributed by atoms with Crippen molar-refractivity contribution in [3.63, 3.8) is 0 Å². The first-order valence-electron chi connectivity index (χ1n) is 5.28. The lowest BCUT2D eigenvalue weighted by Gasteiger charge is -2.14. The van der Waals surface area contributed by atoms with Crippen molar-refractivity contribution in [3.8, 4) is 12.3 Å². The highest BCUT2D eigenvalue weighted by Gasteiger charge is 2.06. The average molecular weight is 240 g/mol. The zero-order valence-corrected chi connectivity index (χ0v) is 10.0. The molecule has 0 amide bonds. The lowest BCUT2D eigenvalue weighted by molar-refractivity contribution is 0.494. The van der Waals surface area contributed by atoms with Crippen molar-refractivity contribution >= 4 is 11.6 Å². The molecule has 0 radical (unpaired) electrons. The molecular weight excluding hydrogens is 225 g/mol. The summed E-state index contributed by atoms with van der Waals surface area (Å²) in [5, 5.41) is 3.64. The number of hydrogen-bond acceptors (Lipinski definition) is 1. The van der Waals surface area contributed by atoms with E-state index >= 15 is 0 Å². The van der Waals surface area contributed by atoms with Crippen LogP contribution in [0.25, 0.3) is 0 Å². The molecule has 16 heavy (non-hydrogen) atoms. The molecule has 1 rings (SSSR count). The van der Waals surface area contributed by atoms with E-state index in [1.54, 1.807) is 12.1 Å². The molecule has 1 atom stereocenters. The number of hydrogen-bond donors (Lipinski definition) is 1. The van der Waals surface area contributed by atoms with E-state index in [1.165, 1.54) is 6.07 Å². The molecule has 3 heteroatoms. The van der Waals surface area contributed by atoms with Crippen molar-refractivity contribution < 1.29 is 4.39 Å². The Hall–Kier alpha value is -1.04. The quantitative estimate of drug-likeness (QED) is 0.777. The summed E-state index contributed by atoms with van der Waals surface area (Å²) in [6.45, 7) is 2.52. The Labute approximate surface area is 101 Å². The topological polar surface area (TPSA) is 12.0 Å². The van der Waals surface area contributed by atoms with Crippen molar-refractivity contribution in [1.82, 2.24) is 5.32 Å². The zero-order valence-electron chi connectivity index (χ0n) is 9.26. The van der Waals surface area contributed by atoms with Crippen LogP contribution in [0.1, 0.15) is 25.3 Å². The summed E-state index contributed by atoms with van der Waals surface area (Å²) in [6, 6.07) is 4.93. The second-order valence-corrected chi connectivity index (χ2v) is 4.07. The summed E-state index contributed by atoms with van der Waals surface area (Å²) in [7, 11) is 0. The molecule has 0 saturated carbocycles. The van der Waals surface area contributed by atoms with Gasteiger partial charge >= 0.3 is 0 Å². The molecule has 0 aliphatic heterocycles. The second-order valence-electron chi connectivity index (χ2n) is 3.63. The van der Waals surface area contributed by atoms with Crippen LogP contribution < -0.4 is 5.32 Å². The van der Waals surface area contributed by atoms with Crippen molar-refractivity contribution in [2.75, 3.05) is 0 Å². The van der Waals surface area contributed by atoms with E-state index in [0.717, 1.165) is 6.42 Å². The molecule has 1 N–H and O–H groups in total. The van der Waals surface area contributed by atoms with E-state index in [1.807, 2.05) is 6.92 Å². The van der Waals surface area contributed by atoms with Gasteiger partial charge in [-0.2, -0.15) is 0 Å². The minimum Gasteiger partial charge on any atom is -0.309 e. The maximum Gasteiger partial charge on any atom is 0.129 e. The Morgan fingerprint density at radius 3 is 2.88 bits per heavy atom. The summed E-state index contributed by atoms with van der Waals surface area (Å²) in [6.07, 6.45) is 6.83. The van der Waals surface area contributed by atoms with E-state index in [-0.39, 0.29) is 11.9 Å². The molecule has 0 spiro atoms. The van der Waals surface area contributed by atoms with Gasteiger partial charge in [-0.15, -0.1) is 12.3 Å². The average Bonchev–Trinajstić information content (AvgIpc) is 2.26. The van der Waals surface area contributed by atoms with Gasteiger partial charge in [-0.3, -0.25) is 0 Å². The van der Waals surface area contributed by atoms with Crippen LogP contribution in [0.15, 0.2) is 18.2 Å². The van der Waals surface area contributed by atoms with Crippen LogP contribution in [-0.2, 0) is 6.54 Å². The highest BCUT2D eigenvalue weighted by molar-refractivity contribution is 6.30. The van der Waals surface area contributed by atoms with Crippen LogP contribution in [0.5, 0.6) is 0 Å². The van der Waals surface area contributed by atoms with Crippen LogP contribution in [0.3, 0.4) is 0 Å². The number of nitrogens with one attached hydrogen (secondary N) is 1. The summed E-state index contributed by atoms with van der Waals surface area (Å²) in [5.74, 6) is 2.32. The largest absolute Gasteiger partial charge is 0.309 e. The van der Waals surface area contributed by atoms with Crippen molar-refractivity contribution in [2.24, 2.45) is 0 Å². The van der Waals surface area contributed by atoms with Crippen LogP contribution in [-0.4, -0.2) is 6.04 Å². The van der Waals surface area contributed by atoms with Gasteiger partial charge in [0.05, 0.1) is 0 Å². The van der Waals surface area contributed by atoms with Gasteiger partial charge in [-0.1, -0.05) is 24.6 Å².